The summed E-state index contributed by atoms with van der Waals surface area (Å²) >= 11 is 11.3. The first-order valence-electron chi connectivity index (χ1n) is 3.48. The number of halogens is 2. The van der Waals surface area contributed by atoms with E-state index in [2.05, 4.69) is 0 Å². The summed E-state index contributed by atoms with van der Waals surface area (Å²) in [6, 6.07) is 2.58. The molecule has 7 heteroatoms. The number of nitrogens with one attached hydrogen (secondary N) is 1. The Balaban J connectivity index is 2.89. The van der Waals surface area contributed by atoms with E-state index in [-0.39, 0.29) is 20.5 Å². The van der Waals surface area contributed by atoms with Gasteiger partial charge >= 0.3 is 0 Å². The number of rotatable bonds is 0. The predicted octanol–water partition coefficient (Wildman–Crippen LogP) is 1.43. The average molecular weight is 252 g/mol. The predicted molar refractivity (Wildman–Crippen MR) is 51.1 cm³/mol. The van der Waals surface area contributed by atoms with Crippen LogP contribution in [0, 0.1) is 0 Å². The summed E-state index contributed by atoms with van der Waals surface area (Å²) < 4.78 is 24.4. The highest BCUT2D eigenvalue weighted by molar-refractivity contribution is 7.90. The first-order valence-corrected chi connectivity index (χ1v) is 5.72. The van der Waals surface area contributed by atoms with Gasteiger partial charge in [0.25, 0.3) is 15.9 Å². The maximum atomic E-state index is 11.3. The number of sulfonamides is 1. The largest absolute Gasteiger partial charge is 0.268 e. The molecule has 0 unspecified atom stereocenters. The molecule has 0 saturated heterocycles. The van der Waals surface area contributed by atoms with Crippen molar-refractivity contribution in [1.82, 2.24) is 4.72 Å². The molecule has 2 rings (SSSR count). The number of benzene rings is 1. The molecule has 1 N–H and O–H groups in total. The van der Waals surface area contributed by atoms with Gasteiger partial charge in [0.1, 0.15) is 4.90 Å². The molecule has 0 spiro atoms. The molecule has 1 heterocycles. The topological polar surface area (TPSA) is 63.2 Å². The summed E-state index contributed by atoms with van der Waals surface area (Å²) in [4.78, 5) is 11.1. The van der Waals surface area contributed by atoms with Gasteiger partial charge in [0, 0.05) is 0 Å². The lowest BCUT2D eigenvalue weighted by Gasteiger charge is -1.98. The highest BCUT2D eigenvalue weighted by Crippen LogP contribution is 2.33. The molecule has 1 aromatic carbocycles. The van der Waals surface area contributed by atoms with E-state index in [0.29, 0.717) is 0 Å². The van der Waals surface area contributed by atoms with Crippen LogP contribution < -0.4 is 4.72 Å². The molecule has 74 valence electrons. The molecule has 0 aromatic heterocycles. The van der Waals surface area contributed by atoms with Crippen LogP contribution in [0.4, 0.5) is 0 Å². The number of amides is 1. The fourth-order valence-corrected chi connectivity index (χ4v) is 2.83. The van der Waals surface area contributed by atoms with E-state index in [1.165, 1.54) is 12.1 Å². The molecule has 0 aliphatic carbocycles. The zero-order chi connectivity index (χ0) is 10.5. The van der Waals surface area contributed by atoms with Gasteiger partial charge in [-0.05, 0) is 12.1 Å². The van der Waals surface area contributed by atoms with Crippen molar-refractivity contribution in [1.29, 1.82) is 0 Å². The Bertz CT molecular complexity index is 538. The summed E-state index contributed by atoms with van der Waals surface area (Å²) in [6.07, 6.45) is 0. The van der Waals surface area contributed by atoms with Gasteiger partial charge in [-0.15, -0.1) is 0 Å². The second kappa shape index (κ2) is 2.85. The van der Waals surface area contributed by atoms with E-state index in [1.54, 1.807) is 0 Å². The third kappa shape index (κ3) is 1.20. The zero-order valence-corrected chi connectivity index (χ0v) is 8.87. The third-order valence-corrected chi connectivity index (χ3v) is 3.98. The fraction of sp³-hybridized carbons (Fsp3) is 0. The Morgan fingerprint density at radius 1 is 1.21 bits per heavy atom. The second-order valence-electron chi connectivity index (χ2n) is 2.67. The molecule has 0 fully saturated rings. The minimum atomic E-state index is -3.74. The van der Waals surface area contributed by atoms with Crippen LogP contribution >= 0.6 is 23.2 Å². The average Bonchev–Trinajstić information content (AvgIpc) is 2.29. The minimum Gasteiger partial charge on any atom is -0.268 e. The standard InChI is InChI=1S/C7H3Cl2NO3S/c8-3-1-2-4-5(6(3)9)7(11)10-14(4,12)13/h1-2H,(H,10,11). The number of fused-ring (bicyclic) bond motifs is 1. The number of carbonyl (C=O) groups excluding carboxylic acids is 1. The van der Waals surface area contributed by atoms with Crippen LogP contribution in [0.25, 0.3) is 0 Å². The lowest BCUT2D eigenvalue weighted by Crippen LogP contribution is -2.20. The Hall–Kier alpha value is -0.780. The Morgan fingerprint density at radius 2 is 1.86 bits per heavy atom. The van der Waals surface area contributed by atoms with E-state index in [1.807, 2.05) is 4.72 Å². The van der Waals surface area contributed by atoms with Gasteiger partial charge in [-0.1, -0.05) is 23.2 Å². The number of carbonyl (C=O) groups is 1. The van der Waals surface area contributed by atoms with Gasteiger partial charge in [-0.25, -0.2) is 13.1 Å². The second-order valence-corrected chi connectivity index (χ2v) is 5.11. The molecule has 1 aliphatic rings. The van der Waals surface area contributed by atoms with E-state index < -0.39 is 15.9 Å². The summed E-state index contributed by atoms with van der Waals surface area (Å²) in [5.41, 5.74) is -0.0841. The minimum absolute atomic E-state index is 0.0391. The van der Waals surface area contributed by atoms with Crippen LogP contribution in [0.1, 0.15) is 10.4 Å². The molecular weight excluding hydrogens is 249 g/mol. The van der Waals surface area contributed by atoms with Gasteiger partial charge in [0.05, 0.1) is 15.6 Å². The highest BCUT2D eigenvalue weighted by Gasteiger charge is 2.35. The Kier molecular flexibility index (Phi) is 1.99. The summed E-state index contributed by atoms with van der Waals surface area (Å²) in [6.45, 7) is 0. The summed E-state index contributed by atoms with van der Waals surface area (Å²) in [5, 5.41) is 0.111. The van der Waals surface area contributed by atoms with Gasteiger partial charge in [-0.3, -0.25) is 4.79 Å². The van der Waals surface area contributed by atoms with E-state index in [0.717, 1.165) is 0 Å². The number of hydrogen-bond acceptors (Lipinski definition) is 3. The fourth-order valence-electron chi connectivity index (χ4n) is 1.20. The maximum Gasteiger partial charge on any atom is 0.267 e. The normalized spacial score (nSPS) is 17.7. The maximum absolute atomic E-state index is 11.3. The van der Waals surface area contributed by atoms with Crippen molar-refractivity contribution < 1.29 is 13.2 Å². The molecule has 1 aromatic rings. The van der Waals surface area contributed by atoms with Crippen molar-refractivity contribution in [2.75, 3.05) is 0 Å². The van der Waals surface area contributed by atoms with Crippen LogP contribution in [0.5, 0.6) is 0 Å². The van der Waals surface area contributed by atoms with Crippen molar-refractivity contribution >= 4 is 39.1 Å². The van der Waals surface area contributed by atoms with Gasteiger partial charge in [0.2, 0.25) is 0 Å². The molecule has 4 nitrogen and oxygen atoms in total. The van der Waals surface area contributed by atoms with Crippen molar-refractivity contribution in [2.24, 2.45) is 0 Å². The van der Waals surface area contributed by atoms with Gasteiger partial charge in [0.15, 0.2) is 0 Å². The van der Waals surface area contributed by atoms with E-state index in [9.17, 15) is 13.2 Å². The quantitative estimate of drug-likeness (QED) is 0.759. The summed E-state index contributed by atoms with van der Waals surface area (Å²) in [7, 11) is -3.74. The first kappa shape index (κ1) is 9.76. The van der Waals surface area contributed by atoms with Crippen LogP contribution in [-0.2, 0) is 10.0 Å². The number of hydrogen-bond donors (Lipinski definition) is 1. The monoisotopic (exact) mass is 251 g/mol. The zero-order valence-electron chi connectivity index (χ0n) is 6.54. The highest BCUT2D eigenvalue weighted by atomic mass is 35.5. The third-order valence-electron chi connectivity index (χ3n) is 1.80. The van der Waals surface area contributed by atoms with E-state index in [4.69, 9.17) is 23.2 Å². The molecule has 1 aliphatic heterocycles. The van der Waals surface area contributed by atoms with Crippen LogP contribution in [0.3, 0.4) is 0 Å². The van der Waals surface area contributed by atoms with Crippen LogP contribution in [0.15, 0.2) is 17.0 Å². The summed E-state index contributed by atoms with van der Waals surface area (Å²) in [5.74, 6) is -0.743. The first-order chi connectivity index (χ1) is 6.43. The lowest BCUT2D eigenvalue weighted by atomic mass is 10.2. The van der Waals surface area contributed by atoms with Crippen molar-refractivity contribution in [3.05, 3.63) is 27.7 Å². The van der Waals surface area contributed by atoms with Crippen molar-refractivity contribution in [2.45, 2.75) is 4.90 Å². The van der Waals surface area contributed by atoms with E-state index >= 15 is 0 Å². The molecule has 14 heavy (non-hydrogen) atoms. The van der Waals surface area contributed by atoms with Crippen molar-refractivity contribution in [3.8, 4) is 0 Å². The lowest BCUT2D eigenvalue weighted by molar-refractivity contribution is 0.0985. The van der Waals surface area contributed by atoms with Crippen molar-refractivity contribution in [3.63, 3.8) is 0 Å². The Labute approximate surface area is 89.9 Å². The molecule has 0 bridgehead atoms. The van der Waals surface area contributed by atoms with Gasteiger partial charge in [-0.2, -0.15) is 0 Å². The van der Waals surface area contributed by atoms with Crippen LogP contribution in [0.2, 0.25) is 10.0 Å². The molecule has 0 atom stereocenters. The van der Waals surface area contributed by atoms with Gasteiger partial charge < -0.3 is 0 Å². The molecular formula is C7H3Cl2NO3S. The molecule has 0 saturated carbocycles. The molecule has 1 amide bonds. The van der Waals surface area contributed by atoms with Crippen LogP contribution in [-0.4, -0.2) is 14.3 Å². The Morgan fingerprint density at radius 3 is 2.50 bits per heavy atom. The molecule has 0 radical (unpaired) electrons. The smallest absolute Gasteiger partial charge is 0.267 e. The SMILES string of the molecule is O=C1NS(=O)(=O)c2ccc(Cl)c(Cl)c21.